The summed E-state index contributed by atoms with van der Waals surface area (Å²) in [6, 6.07) is 7.38. The molecule has 0 radical (unpaired) electrons. The summed E-state index contributed by atoms with van der Waals surface area (Å²) in [6.45, 7) is 2.30. The van der Waals surface area contributed by atoms with Gasteiger partial charge in [0.1, 0.15) is 5.69 Å². The number of amides is 1. The monoisotopic (exact) mass is 265 g/mol. The van der Waals surface area contributed by atoms with Crippen molar-refractivity contribution in [1.82, 2.24) is 9.88 Å². The molecular weight excluding hydrogens is 250 g/mol. The van der Waals surface area contributed by atoms with E-state index in [1.807, 2.05) is 38.2 Å². The number of hydrogen-bond acceptors (Lipinski definition) is 2. The maximum absolute atomic E-state index is 12.0. The first-order valence-corrected chi connectivity index (χ1v) is 6.16. The highest BCUT2D eigenvalue weighted by Crippen LogP contribution is 2.25. The van der Waals surface area contributed by atoms with E-state index in [0.717, 1.165) is 10.9 Å². The molecule has 0 fully saturated rings. The number of nitrogens with zero attached hydrogens (tertiary/aromatic N) is 1. The maximum atomic E-state index is 12.0. The topological polar surface area (TPSA) is 60.0 Å². The van der Waals surface area contributed by atoms with Crippen LogP contribution in [-0.2, 0) is 7.05 Å². The minimum absolute atomic E-state index is 0.0628. The van der Waals surface area contributed by atoms with E-state index in [9.17, 15) is 4.79 Å². The summed E-state index contributed by atoms with van der Waals surface area (Å²) in [5.41, 5.74) is 7.06. The molecule has 1 aromatic carbocycles. The summed E-state index contributed by atoms with van der Waals surface area (Å²) in [6.07, 6.45) is 0. The van der Waals surface area contributed by atoms with E-state index in [1.54, 1.807) is 4.57 Å². The van der Waals surface area contributed by atoms with Gasteiger partial charge in [0.2, 0.25) is 0 Å². The van der Waals surface area contributed by atoms with Crippen LogP contribution >= 0.6 is 11.6 Å². The quantitative estimate of drug-likeness (QED) is 0.891. The smallest absolute Gasteiger partial charge is 0.267 e. The Morgan fingerprint density at radius 2 is 2.28 bits per heavy atom. The third-order valence-corrected chi connectivity index (χ3v) is 3.13. The summed E-state index contributed by atoms with van der Waals surface area (Å²) >= 11 is 6.14. The van der Waals surface area contributed by atoms with Crippen LogP contribution in [0.1, 0.15) is 17.4 Å². The predicted octanol–water partition coefficient (Wildman–Crippen LogP) is 1.91. The standard InChI is InChI=1S/C13H16ClN3O/c1-8(15)7-16-13(18)11-6-9-4-3-5-10(14)12(9)17(11)2/h3-6,8H,7,15H2,1-2H3,(H,16,18). The molecule has 3 N–H and O–H groups in total. The molecule has 4 nitrogen and oxygen atoms in total. The number of aryl methyl sites for hydroxylation is 1. The zero-order valence-corrected chi connectivity index (χ0v) is 11.2. The van der Waals surface area contributed by atoms with Gasteiger partial charge in [0.15, 0.2) is 0 Å². The number of carbonyl (C=O) groups excluding carboxylic acids is 1. The first-order chi connectivity index (χ1) is 8.50. The van der Waals surface area contributed by atoms with Gasteiger partial charge in [0, 0.05) is 25.0 Å². The number of benzene rings is 1. The van der Waals surface area contributed by atoms with E-state index >= 15 is 0 Å². The molecule has 0 bridgehead atoms. The van der Waals surface area contributed by atoms with Crippen LogP contribution in [0.25, 0.3) is 10.9 Å². The maximum Gasteiger partial charge on any atom is 0.267 e. The molecule has 1 atom stereocenters. The largest absolute Gasteiger partial charge is 0.349 e. The van der Waals surface area contributed by atoms with E-state index in [1.165, 1.54) is 0 Å². The molecule has 0 aliphatic heterocycles. The van der Waals surface area contributed by atoms with Crippen LogP contribution in [0.5, 0.6) is 0 Å². The zero-order valence-electron chi connectivity index (χ0n) is 10.4. The van der Waals surface area contributed by atoms with Gasteiger partial charge in [0.05, 0.1) is 10.5 Å². The third-order valence-electron chi connectivity index (χ3n) is 2.82. The molecule has 0 aliphatic carbocycles. The highest BCUT2D eigenvalue weighted by atomic mass is 35.5. The summed E-state index contributed by atoms with van der Waals surface area (Å²) in [5, 5.41) is 4.39. The van der Waals surface area contributed by atoms with E-state index < -0.39 is 0 Å². The van der Waals surface area contributed by atoms with Gasteiger partial charge in [0.25, 0.3) is 5.91 Å². The molecule has 1 aromatic heterocycles. The third kappa shape index (κ3) is 2.35. The molecule has 2 aromatic rings. The Hall–Kier alpha value is -1.52. The lowest BCUT2D eigenvalue weighted by Gasteiger charge is -2.08. The first kappa shape index (κ1) is 12.9. The van der Waals surface area contributed by atoms with Crippen LogP contribution < -0.4 is 11.1 Å². The van der Waals surface area contributed by atoms with Crippen molar-refractivity contribution >= 4 is 28.4 Å². The van der Waals surface area contributed by atoms with Gasteiger partial charge in [-0.1, -0.05) is 23.7 Å². The van der Waals surface area contributed by atoms with Gasteiger partial charge in [-0.25, -0.2) is 0 Å². The minimum atomic E-state index is -0.137. The molecule has 1 unspecified atom stereocenters. The molecule has 5 heteroatoms. The fraction of sp³-hybridized carbons (Fsp3) is 0.308. The zero-order chi connectivity index (χ0) is 13.3. The minimum Gasteiger partial charge on any atom is -0.349 e. The molecule has 0 saturated heterocycles. The van der Waals surface area contributed by atoms with Crippen molar-refractivity contribution in [3.63, 3.8) is 0 Å². The fourth-order valence-electron chi connectivity index (χ4n) is 1.93. The number of rotatable bonds is 3. The SMILES string of the molecule is CC(N)CNC(=O)c1cc2cccc(Cl)c2n1C. The second-order valence-electron chi connectivity index (χ2n) is 4.45. The summed E-state index contributed by atoms with van der Waals surface area (Å²) in [7, 11) is 1.83. The second kappa shape index (κ2) is 5.00. The number of aromatic nitrogens is 1. The van der Waals surface area contributed by atoms with Gasteiger partial charge in [-0.2, -0.15) is 0 Å². The van der Waals surface area contributed by atoms with E-state index in [2.05, 4.69) is 5.32 Å². The average molecular weight is 266 g/mol. The van der Waals surface area contributed by atoms with Gasteiger partial charge in [-0.3, -0.25) is 4.79 Å². The number of halogens is 1. The second-order valence-corrected chi connectivity index (χ2v) is 4.86. The first-order valence-electron chi connectivity index (χ1n) is 5.78. The van der Waals surface area contributed by atoms with Crippen LogP contribution in [0.4, 0.5) is 0 Å². The van der Waals surface area contributed by atoms with Crippen molar-refractivity contribution < 1.29 is 4.79 Å². The lowest BCUT2D eigenvalue weighted by molar-refractivity contribution is 0.0944. The average Bonchev–Trinajstić information content (AvgIpc) is 2.65. The highest BCUT2D eigenvalue weighted by molar-refractivity contribution is 6.35. The number of hydrogen-bond donors (Lipinski definition) is 2. The number of para-hydroxylation sites is 1. The van der Waals surface area contributed by atoms with Crippen LogP contribution in [0.2, 0.25) is 5.02 Å². The summed E-state index contributed by atoms with van der Waals surface area (Å²) < 4.78 is 1.80. The van der Waals surface area contributed by atoms with Gasteiger partial charge in [-0.05, 0) is 19.1 Å². The highest BCUT2D eigenvalue weighted by Gasteiger charge is 2.14. The van der Waals surface area contributed by atoms with Gasteiger partial charge >= 0.3 is 0 Å². The van der Waals surface area contributed by atoms with E-state index in [-0.39, 0.29) is 11.9 Å². The number of nitrogens with two attached hydrogens (primary N) is 1. The normalized spacial score (nSPS) is 12.7. The molecule has 0 spiro atoms. The lowest BCUT2D eigenvalue weighted by Crippen LogP contribution is -2.35. The van der Waals surface area contributed by atoms with E-state index in [0.29, 0.717) is 17.3 Å². The van der Waals surface area contributed by atoms with Crippen molar-refractivity contribution in [2.24, 2.45) is 12.8 Å². The van der Waals surface area contributed by atoms with Crippen molar-refractivity contribution in [2.45, 2.75) is 13.0 Å². The Balaban J connectivity index is 2.37. The Kier molecular flexibility index (Phi) is 3.59. The molecule has 0 saturated carbocycles. The molecule has 0 aliphatic rings. The van der Waals surface area contributed by atoms with Crippen LogP contribution in [-0.4, -0.2) is 23.1 Å². The van der Waals surface area contributed by atoms with Crippen LogP contribution in [0, 0.1) is 0 Å². The van der Waals surface area contributed by atoms with Gasteiger partial charge < -0.3 is 15.6 Å². The molecule has 2 rings (SSSR count). The van der Waals surface area contributed by atoms with Crippen LogP contribution in [0.3, 0.4) is 0 Å². The van der Waals surface area contributed by atoms with Crippen molar-refractivity contribution in [3.05, 3.63) is 35.0 Å². The van der Waals surface area contributed by atoms with Crippen molar-refractivity contribution in [3.8, 4) is 0 Å². The molecule has 1 heterocycles. The number of carbonyl (C=O) groups is 1. The Morgan fingerprint density at radius 3 is 2.89 bits per heavy atom. The van der Waals surface area contributed by atoms with Crippen molar-refractivity contribution in [1.29, 1.82) is 0 Å². The summed E-state index contributed by atoms with van der Waals surface area (Å²) in [4.78, 5) is 12.0. The van der Waals surface area contributed by atoms with Crippen LogP contribution in [0.15, 0.2) is 24.3 Å². The van der Waals surface area contributed by atoms with Crippen molar-refractivity contribution in [2.75, 3.05) is 6.54 Å². The lowest BCUT2D eigenvalue weighted by atomic mass is 10.2. The Labute approximate surface area is 111 Å². The fourth-order valence-corrected chi connectivity index (χ4v) is 2.24. The van der Waals surface area contributed by atoms with Gasteiger partial charge in [-0.15, -0.1) is 0 Å². The molecule has 96 valence electrons. The van der Waals surface area contributed by atoms with E-state index in [4.69, 9.17) is 17.3 Å². The summed E-state index contributed by atoms with van der Waals surface area (Å²) in [5.74, 6) is -0.137. The Morgan fingerprint density at radius 1 is 1.56 bits per heavy atom. The molecule has 18 heavy (non-hydrogen) atoms. The molecule has 1 amide bonds. The molecular formula is C13H16ClN3O. The predicted molar refractivity (Wildman–Crippen MR) is 73.9 cm³/mol. The Bertz CT molecular complexity index is 589. The number of fused-ring (bicyclic) bond motifs is 1. The number of nitrogens with one attached hydrogen (secondary N) is 1.